The van der Waals surface area contributed by atoms with Gasteiger partial charge in [0.05, 0.1) is 11.4 Å². The molecule has 0 saturated heterocycles. The number of aromatic nitrogens is 2. The van der Waals surface area contributed by atoms with E-state index in [1.54, 1.807) is 71.7 Å². The quantitative estimate of drug-likeness (QED) is 0.606. The zero-order valence-corrected chi connectivity index (χ0v) is 16.3. The summed E-state index contributed by atoms with van der Waals surface area (Å²) in [4.78, 5) is 24.4. The lowest BCUT2D eigenvalue weighted by molar-refractivity contribution is -0.111. The van der Waals surface area contributed by atoms with Crippen molar-refractivity contribution >= 4 is 35.2 Å². The summed E-state index contributed by atoms with van der Waals surface area (Å²) in [5.74, 6) is -0.357. The van der Waals surface area contributed by atoms with E-state index in [0.29, 0.717) is 28.0 Å². The Kier molecular flexibility index (Phi) is 5.44. The second-order valence-electron chi connectivity index (χ2n) is 6.80. The second-order valence-corrected chi connectivity index (χ2v) is 7.24. The summed E-state index contributed by atoms with van der Waals surface area (Å²) in [7, 11) is 0. The number of nitrogens with zero attached hydrogens (tertiary/aromatic N) is 2. The van der Waals surface area contributed by atoms with E-state index in [1.807, 2.05) is 0 Å². The molecule has 1 aliphatic rings. The highest BCUT2D eigenvalue weighted by Gasteiger charge is 2.23. The van der Waals surface area contributed by atoms with E-state index >= 15 is 0 Å². The number of anilines is 1. The Balaban J connectivity index is 1.42. The lowest BCUT2D eigenvalue weighted by Crippen LogP contribution is -2.25. The predicted octanol–water partition coefficient (Wildman–Crippen LogP) is 4.07. The highest BCUT2D eigenvalue weighted by molar-refractivity contribution is 6.31. The van der Waals surface area contributed by atoms with Crippen LogP contribution in [0, 0.1) is 0 Å². The Labute approximate surface area is 173 Å². The van der Waals surface area contributed by atoms with Gasteiger partial charge in [-0.2, -0.15) is 5.10 Å². The SMILES string of the molecule is O=C(/C=C/c1ccc(C(=O)NC2CC2)cc1)Nc1cc(Cl)ccc1-n1cccn1. The molecule has 1 aromatic heterocycles. The minimum Gasteiger partial charge on any atom is -0.349 e. The molecule has 0 radical (unpaired) electrons. The monoisotopic (exact) mass is 406 g/mol. The number of hydrogen-bond acceptors (Lipinski definition) is 3. The van der Waals surface area contributed by atoms with Crippen LogP contribution in [0.1, 0.15) is 28.8 Å². The van der Waals surface area contributed by atoms with Crippen LogP contribution >= 0.6 is 11.6 Å². The van der Waals surface area contributed by atoms with Gasteiger partial charge in [-0.05, 0) is 60.9 Å². The fraction of sp³-hybridized carbons (Fsp3) is 0.136. The van der Waals surface area contributed by atoms with Crippen molar-refractivity contribution in [2.75, 3.05) is 5.32 Å². The van der Waals surface area contributed by atoms with Gasteiger partial charge in [-0.25, -0.2) is 4.68 Å². The van der Waals surface area contributed by atoms with Crippen molar-refractivity contribution in [2.45, 2.75) is 18.9 Å². The Bertz CT molecular complexity index is 1050. The number of hydrogen-bond donors (Lipinski definition) is 2. The first-order valence-corrected chi connectivity index (χ1v) is 9.66. The van der Waals surface area contributed by atoms with E-state index in [-0.39, 0.29) is 11.8 Å². The van der Waals surface area contributed by atoms with Gasteiger partial charge in [0.2, 0.25) is 5.91 Å². The summed E-state index contributed by atoms with van der Waals surface area (Å²) >= 11 is 6.08. The minimum absolute atomic E-state index is 0.0621. The highest BCUT2D eigenvalue weighted by Crippen LogP contribution is 2.24. The lowest BCUT2D eigenvalue weighted by atomic mass is 10.1. The van der Waals surface area contributed by atoms with Gasteiger partial charge in [0.25, 0.3) is 5.91 Å². The standard InChI is InChI=1S/C22H19ClN4O2/c23-17-7-10-20(27-13-1-12-24-27)19(14-17)26-21(28)11-4-15-2-5-16(6-3-15)22(29)25-18-8-9-18/h1-7,10-14,18H,8-9H2,(H,25,29)(H,26,28)/b11-4+. The first-order valence-electron chi connectivity index (χ1n) is 9.28. The minimum atomic E-state index is -0.295. The van der Waals surface area contributed by atoms with Crippen molar-refractivity contribution in [2.24, 2.45) is 0 Å². The molecule has 1 aliphatic carbocycles. The predicted molar refractivity (Wildman–Crippen MR) is 113 cm³/mol. The second kappa shape index (κ2) is 8.32. The van der Waals surface area contributed by atoms with E-state index in [0.717, 1.165) is 18.4 Å². The molecule has 2 N–H and O–H groups in total. The molecular formula is C22H19ClN4O2. The zero-order valence-electron chi connectivity index (χ0n) is 15.5. The molecule has 29 heavy (non-hydrogen) atoms. The first-order chi connectivity index (χ1) is 14.1. The lowest BCUT2D eigenvalue weighted by Gasteiger charge is -2.10. The Hall–Kier alpha value is -3.38. The smallest absolute Gasteiger partial charge is 0.251 e. The van der Waals surface area contributed by atoms with Crippen LogP contribution < -0.4 is 10.6 Å². The van der Waals surface area contributed by atoms with Gasteiger partial charge in [0.1, 0.15) is 0 Å². The van der Waals surface area contributed by atoms with Gasteiger partial charge in [-0.1, -0.05) is 23.7 Å². The van der Waals surface area contributed by atoms with Crippen molar-refractivity contribution < 1.29 is 9.59 Å². The fourth-order valence-corrected chi connectivity index (χ4v) is 2.98. The van der Waals surface area contributed by atoms with Gasteiger partial charge in [0.15, 0.2) is 0 Å². The van der Waals surface area contributed by atoms with E-state index in [1.165, 1.54) is 6.08 Å². The van der Waals surface area contributed by atoms with Gasteiger partial charge >= 0.3 is 0 Å². The van der Waals surface area contributed by atoms with E-state index in [2.05, 4.69) is 15.7 Å². The van der Waals surface area contributed by atoms with Crippen molar-refractivity contribution in [3.05, 3.63) is 83.2 Å². The van der Waals surface area contributed by atoms with Gasteiger partial charge in [-0.15, -0.1) is 0 Å². The molecular weight excluding hydrogens is 388 g/mol. The number of carbonyl (C=O) groups excluding carboxylic acids is 2. The highest BCUT2D eigenvalue weighted by atomic mass is 35.5. The van der Waals surface area contributed by atoms with Crippen LogP contribution in [-0.2, 0) is 4.79 Å². The molecule has 2 aromatic carbocycles. The van der Waals surface area contributed by atoms with Gasteiger partial charge in [0, 0.05) is 35.1 Å². The van der Waals surface area contributed by atoms with Crippen molar-refractivity contribution in [1.29, 1.82) is 0 Å². The van der Waals surface area contributed by atoms with E-state index in [9.17, 15) is 9.59 Å². The maximum atomic E-state index is 12.4. The molecule has 4 rings (SSSR count). The average molecular weight is 407 g/mol. The summed E-state index contributed by atoms with van der Waals surface area (Å²) < 4.78 is 1.65. The summed E-state index contributed by atoms with van der Waals surface area (Å²) in [6.07, 6.45) is 8.68. The Morgan fingerprint density at radius 1 is 1.14 bits per heavy atom. The number of amides is 2. The molecule has 0 spiro atoms. The Morgan fingerprint density at radius 2 is 1.93 bits per heavy atom. The van der Waals surface area contributed by atoms with Crippen molar-refractivity contribution in [1.82, 2.24) is 15.1 Å². The van der Waals surface area contributed by atoms with Crippen LogP contribution in [0.4, 0.5) is 5.69 Å². The number of benzene rings is 2. The molecule has 0 aliphatic heterocycles. The molecule has 0 bridgehead atoms. The van der Waals surface area contributed by atoms with Crippen LogP contribution in [0.25, 0.3) is 11.8 Å². The summed E-state index contributed by atoms with van der Waals surface area (Å²) in [6, 6.07) is 14.4. The average Bonchev–Trinajstić information content (AvgIpc) is 3.36. The third-order valence-electron chi connectivity index (χ3n) is 4.48. The molecule has 0 atom stereocenters. The number of nitrogens with one attached hydrogen (secondary N) is 2. The van der Waals surface area contributed by atoms with E-state index in [4.69, 9.17) is 11.6 Å². The maximum absolute atomic E-state index is 12.4. The number of halogens is 1. The van der Waals surface area contributed by atoms with Crippen LogP contribution in [0.15, 0.2) is 67.0 Å². The Morgan fingerprint density at radius 3 is 2.62 bits per heavy atom. The van der Waals surface area contributed by atoms with Crippen LogP contribution in [0.2, 0.25) is 5.02 Å². The largest absolute Gasteiger partial charge is 0.349 e. The first kappa shape index (κ1) is 19.0. The molecule has 1 heterocycles. The van der Waals surface area contributed by atoms with Crippen LogP contribution in [0.3, 0.4) is 0 Å². The molecule has 3 aromatic rings. The molecule has 1 saturated carbocycles. The summed E-state index contributed by atoms with van der Waals surface area (Å²) in [6.45, 7) is 0. The zero-order chi connectivity index (χ0) is 20.2. The third kappa shape index (κ3) is 4.92. The summed E-state index contributed by atoms with van der Waals surface area (Å²) in [5, 5.41) is 10.5. The van der Waals surface area contributed by atoms with Crippen LogP contribution in [0.5, 0.6) is 0 Å². The third-order valence-corrected chi connectivity index (χ3v) is 4.72. The topological polar surface area (TPSA) is 76.0 Å². The van der Waals surface area contributed by atoms with Crippen molar-refractivity contribution in [3.8, 4) is 5.69 Å². The number of rotatable bonds is 6. The molecule has 0 unspecified atom stereocenters. The van der Waals surface area contributed by atoms with Crippen molar-refractivity contribution in [3.63, 3.8) is 0 Å². The number of carbonyl (C=O) groups is 2. The summed E-state index contributed by atoms with van der Waals surface area (Å²) in [5.41, 5.74) is 2.71. The molecule has 7 heteroatoms. The molecule has 1 fully saturated rings. The normalized spacial score (nSPS) is 13.4. The molecule has 146 valence electrons. The van der Waals surface area contributed by atoms with Gasteiger partial charge in [-0.3, -0.25) is 9.59 Å². The van der Waals surface area contributed by atoms with E-state index < -0.39 is 0 Å². The maximum Gasteiger partial charge on any atom is 0.251 e. The van der Waals surface area contributed by atoms with Crippen LogP contribution in [-0.4, -0.2) is 27.6 Å². The fourth-order valence-electron chi connectivity index (χ4n) is 2.81. The van der Waals surface area contributed by atoms with Gasteiger partial charge < -0.3 is 10.6 Å². The molecule has 6 nitrogen and oxygen atoms in total. The molecule has 2 amide bonds.